The Morgan fingerprint density at radius 3 is 2.30 bits per heavy atom. The zero-order valence-electron chi connectivity index (χ0n) is 12.7. The Hall–Kier alpha value is -0.210. The molecule has 0 radical (unpaired) electrons. The first-order chi connectivity index (χ1) is 9.45. The number of nitrogens with zero attached hydrogens (tertiary/aromatic N) is 3. The lowest BCUT2D eigenvalue weighted by molar-refractivity contribution is 0.146. The summed E-state index contributed by atoms with van der Waals surface area (Å²) in [5.74, 6) is 0.315. The third kappa shape index (κ3) is 3.51. The van der Waals surface area contributed by atoms with Gasteiger partial charge in [0.15, 0.2) is 0 Å². The summed E-state index contributed by atoms with van der Waals surface area (Å²) in [6.45, 7) is 8.96. The number of hydrogen-bond acceptors (Lipinski definition) is 4. The lowest BCUT2D eigenvalue weighted by Gasteiger charge is -2.40. The average molecular weight is 304 g/mol. The molecule has 0 aromatic rings. The van der Waals surface area contributed by atoms with E-state index in [0.29, 0.717) is 44.7 Å². The zero-order chi connectivity index (χ0) is 14.8. The van der Waals surface area contributed by atoms with E-state index in [1.807, 2.05) is 0 Å². The highest BCUT2D eigenvalue weighted by Gasteiger charge is 2.35. The Bertz CT molecular complexity index is 405. The first kappa shape index (κ1) is 16.2. The van der Waals surface area contributed by atoms with Crippen molar-refractivity contribution in [2.75, 3.05) is 45.8 Å². The van der Waals surface area contributed by atoms with Gasteiger partial charge in [-0.3, -0.25) is 4.90 Å². The van der Waals surface area contributed by atoms with E-state index < -0.39 is 10.2 Å². The largest absolute Gasteiger partial charge is 0.330 e. The summed E-state index contributed by atoms with van der Waals surface area (Å²) < 4.78 is 28.6. The summed E-state index contributed by atoms with van der Waals surface area (Å²) >= 11 is 0. The molecular formula is C13H28N4O2S. The van der Waals surface area contributed by atoms with E-state index in [2.05, 4.69) is 18.7 Å². The van der Waals surface area contributed by atoms with E-state index in [1.54, 1.807) is 8.61 Å². The lowest BCUT2D eigenvalue weighted by atomic mass is 10.0. The molecule has 6 nitrogen and oxygen atoms in total. The Morgan fingerprint density at radius 1 is 1.10 bits per heavy atom. The molecular weight excluding hydrogens is 276 g/mol. The van der Waals surface area contributed by atoms with Crippen LogP contribution in [0.25, 0.3) is 0 Å². The summed E-state index contributed by atoms with van der Waals surface area (Å²) in [7, 11) is -3.29. The molecule has 0 aromatic heterocycles. The van der Waals surface area contributed by atoms with E-state index in [-0.39, 0.29) is 0 Å². The van der Waals surface area contributed by atoms with Crippen LogP contribution < -0.4 is 5.73 Å². The molecule has 1 atom stereocenters. The van der Waals surface area contributed by atoms with Gasteiger partial charge in [0.2, 0.25) is 0 Å². The van der Waals surface area contributed by atoms with Gasteiger partial charge in [-0.1, -0.05) is 0 Å². The number of piperidine rings is 1. The van der Waals surface area contributed by atoms with Crippen molar-refractivity contribution in [3.63, 3.8) is 0 Å². The monoisotopic (exact) mass is 304 g/mol. The fourth-order valence-corrected chi connectivity index (χ4v) is 4.75. The van der Waals surface area contributed by atoms with Crippen LogP contribution in [0.15, 0.2) is 0 Å². The quantitative estimate of drug-likeness (QED) is 0.789. The van der Waals surface area contributed by atoms with E-state index >= 15 is 0 Å². The molecule has 0 saturated carbocycles. The van der Waals surface area contributed by atoms with Gasteiger partial charge in [0.05, 0.1) is 0 Å². The Morgan fingerprint density at radius 2 is 1.75 bits per heavy atom. The van der Waals surface area contributed by atoms with Gasteiger partial charge in [0.25, 0.3) is 10.2 Å². The smallest absolute Gasteiger partial charge is 0.282 e. The van der Waals surface area contributed by atoms with Gasteiger partial charge in [-0.15, -0.1) is 0 Å². The van der Waals surface area contributed by atoms with Crippen LogP contribution in [0.4, 0.5) is 0 Å². The maximum absolute atomic E-state index is 12.7. The zero-order valence-corrected chi connectivity index (χ0v) is 13.5. The van der Waals surface area contributed by atoms with Crippen LogP contribution in [-0.4, -0.2) is 73.8 Å². The second-order valence-electron chi connectivity index (χ2n) is 6.14. The normalized spacial score (nSPS) is 28.1. The third-order valence-corrected chi connectivity index (χ3v) is 6.47. The second kappa shape index (κ2) is 6.70. The molecule has 2 aliphatic rings. The van der Waals surface area contributed by atoms with Crippen molar-refractivity contribution in [1.29, 1.82) is 0 Å². The standard InChI is InChI=1S/C13H28N4O2S/c1-12(2)15-6-8-16(9-7-15)20(18,19)17-5-3-4-13(10-14)11-17/h12-13H,3-11,14H2,1-2H3. The van der Waals surface area contributed by atoms with Gasteiger partial charge < -0.3 is 5.73 Å². The molecule has 0 amide bonds. The van der Waals surface area contributed by atoms with Crippen LogP contribution in [0.5, 0.6) is 0 Å². The summed E-state index contributed by atoms with van der Waals surface area (Å²) in [6, 6.07) is 0.483. The predicted molar refractivity (Wildman–Crippen MR) is 80.6 cm³/mol. The van der Waals surface area contributed by atoms with Crippen molar-refractivity contribution < 1.29 is 8.42 Å². The van der Waals surface area contributed by atoms with Crippen LogP contribution in [0.1, 0.15) is 26.7 Å². The van der Waals surface area contributed by atoms with Gasteiger partial charge in [-0.2, -0.15) is 17.0 Å². The number of nitrogens with two attached hydrogens (primary N) is 1. The molecule has 0 aromatic carbocycles. The molecule has 0 aliphatic carbocycles. The van der Waals surface area contributed by atoms with Crippen LogP contribution in [0.2, 0.25) is 0 Å². The van der Waals surface area contributed by atoms with Gasteiger partial charge >= 0.3 is 0 Å². The second-order valence-corrected chi connectivity index (χ2v) is 8.07. The first-order valence-electron chi connectivity index (χ1n) is 7.64. The van der Waals surface area contributed by atoms with Crippen LogP contribution in [-0.2, 0) is 10.2 Å². The van der Waals surface area contributed by atoms with Crippen molar-refractivity contribution in [3.05, 3.63) is 0 Å². The Kier molecular flexibility index (Phi) is 5.42. The number of piperazine rings is 1. The molecule has 118 valence electrons. The molecule has 1 unspecified atom stereocenters. The predicted octanol–water partition coefficient (Wildman–Crippen LogP) is -0.0721. The molecule has 2 saturated heterocycles. The summed E-state index contributed by atoms with van der Waals surface area (Å²) in [6.07, 6.45) is 1.97. The van der Waals surface area contributed by atoms with Crippen LogP contribution in [0.3, 0.4) is 0 Å². The molecule has 2 fully saturated rings. The lowest BCUT2D eigenvalue weighted by Crippen LogP contribution is -2.55. The topological polar surface area (TPSA) is 69.9 Å². The van der Waals surface area contributed by atoms with E-state index in [9.17, 15) is 8.42 Å². The molecule has 0 spiro atoms. The highest BCUT2D eigenvalue weighted by molar-refractivity contribution is 7.86. The molecule has 0 bridgehead atoms. The minimum absolute atomic E-state index is 0.315. The van der Waals surface area contributed by atoms with Gasteiger partial charge in [0, 0.05) is 45.3 Å². The average Bonchev–Trinajstić information content (AvgIpc) is 2.47. The maximum atomic E-state index is 12.7. The Labute approximate surface area is 123 Å². The van der Waals surface area contributed by atoms with Crippen molar-refractivity contribution in [2.45, 2.75) is 32.7 Å². The summed E-state index contributed by atoms with van der Waals surface area (Å²) in [5, 5.41) is 0. The van der Waals surface area contributed by atoms with E-state index in [4.69, 9.17) is 5.73 Å². The first-order valence-corrected chi connectivity index (χ1v) is 9.04. The molecule has 20 heavy (non-hydrogen) atoms. The Balaban J connectivity index is 1.97. The fourth-order valence-electron chi connectivity index (χ4n) is 3.04. The number of rotatable bonds is 4. The van der Waals surface area contributed by atoms with Gasteiger partial charge in [-0.25, -0.2) is 0 Å². The van der Waals surface area contributed by atoms with Crippen molar-refractivity contribution in [2.24, 2.45) is 11.7 Å². The van der Waals surface area contributed by atoms with Crippen molar-refractivity contribution >= 4 is 10.2 Å². The van der Waals surface area contributed by atoms with Gasteiger partial charge in [-0.05, 0) is 39.2 Å². The fraction of sp³-hybridized carbons (Fsp3) is 1.00. The third-order valence-electron chi connectivity index (χ3n) is 4.47. The minimum atomic E-state index is -3.29. The molecule has 7 heteroatoms. The SMILES string of the molecule is CC(C)N1CCN(S(=O)(=O)N2CCCC(CN)C2)CC1. The van der Waals surface area contributed by atoms with Crippen LogP contribution in [0, 0.1) is 5.92 Å². The van der Waals surface area contributed by atoms with E-state index in [1.165, 1.54) is 0 Å². The van der Waals surface area contributed by atoms with Crippen LogP contribution >= 0.6 is 0 Å². The highest BCUT2D eigenvalue weighted by atomic mass is 32.2. The molecule has 2 rings (SSSR count). The van der Waals surface area contributed by atoms with Gasteiger partial charge in [0.1, 0.15) is 0 Å². The summed E-state index contributed by atoms with van der Waals surface area (Å²) in [5.41, 5.74) is 5.70. The van der Waals surface area contributed by atoms with E-state index in [0.717, 1.165) is 25.9 Å². The minimum Gasteiger partial charge on any atom is -0.330 e. The van der Waals surface area contributed by atoms with Crippen molar-refractivity contribution in [3.8, 4) is 0 Å². The number of hydrogen-bond donors (Lipinski definition) is 1. The summed E-state index contributed by atoms with van der Waals surface area (Å²) in [4.78, 5) is 2.32. The maximum Gasteiger partial charge on any atom is 0.282 e. The molecule has 2 N–H and O–H groups in total. The molecule has 2 heterocycles. The van der Waals surface area contributed by atoms with Crippen molar-refractivity contribution in [1.82, 2.24) is 13.5 Å². The molecule has 2 aliphatic heterocycles. The highest BCUT2D eigenvalue weighted by Crippen LogP contribution is 2.21.